The van der Waals surface area contributed by atoms with E-state index in [0.29, 0.717) is 17.9 Å². The number of carboxylic acid groups (broad SMARTS) is 1. The van der Waals surface area contributed by atoms with Crippen LogP contribution in [0.3, 0.4) is 0 Å². The van der Waals surface area contributed by atoms with Gasteiger partial charge < -0.3 is 9.84 Å². The summed E-state index contributed by atoms with van der Waals surface area (Å²) >= 11 is 0. The molecule has 0 aromatic heterocycles. The Hall–Kier alpha value is -2.55. The molecule has 0 unspecified atom stereocenters. The number of hydrogen-bond donors (Lipinski definition) is 1. The van der Waals surface area contributed by atoms with Crippen molar-refractivity contribution in [1.29, 1.82) is 0 Å². The molecule has 0 bridgehead atoms. The van der Waals surface area contributed by atoms with Crippen LogP contribution >= 0.6 is 0 Å². The van der Waals surface area contributed by atoms with Crippen LogP contribution in [0.4, 0.5) is 0 Å². The summed E-state index contributed by atoms with van der Waals surface area (Å²) in [5.41, 5.74) is 2.22. The fourth-order valence-corrected chi connectivity index (χ4v) is 2.08. The van der Waals surface area contributed by atoms with Crippen LogP contribution in [0.5, 0.6) is 5.75 Å². The average molecular weight is 282 g/mol. The van der Waals surface area contributed by atoms with Gasteiger partial charge in [-0.25, -0.2) is 4.79 Å². The molecule has 0 atom stereocenters. The SMILES string of the molecule is CC/C(Oc1ccccc1-c1ccccc1)=C(/C)C(=O)O. The van der Waals surface area contributed by atoms with Crippen LogP contribution in [-0.4, -0.2) is 11.1 Å². The number of allylic oxidation sites excluding steroid dienone is 1. The summed E-state index contributed by atoms with van der Waals surface area (Å²) < 4.78 is 5.87. The minimum absolute atomic E-state index is 0.236. The monoisotopic (exact) mass is 282 g/mol. The highest BCUT2D eigenvalue weighted by Crippen LogP contribution is 2.31. The minimum atomic E-state index is -0.955. The van der Waals surface area contributed by atoms with Gasteiger partial charge in [-0.2, -0.15) is 0 Å². The lowest BCUT2D eigenvalue weighted by Crippen LogP contribution is -2.06. The Morgan fingerprint density at radius 3 is 2.29 bits per heavy atom. The summed E-state index contributed by atoms with van der Waals surface area (Å²) in [6.45, 7) is 3.44. The lowest BCUT2D eigenvalue weighted by atomic mass is 10.0. The van der Waals surface area contributed by atoms with E-state index < -0.39 is 5.97 Å². The Labute approximate surface area is 124 Å². The molecule has 0 aliphatic rings. The van der Waals surface area contributed by atoms with Crippen molar-refractivity contribution in [1.82, 2.24) is 0 Å². The van der Waals surface area contributed by atoms with Crippen LogP contribution in [0.15, 0.2) is 65.9 Å². The Morgan fingerprint density at radius 2 is 1.67 bits per heavy atom. The normalized spacial score (nSPS) is 11.7. The Balaban J connectivity index is 2.42. The molecular formula is C18H18O3. The fraction of sp³-hybridized carbons (Fsp3) is 0.167. The summed E-state index contributed by atoms with van der Waals surface area (Å²) in [4.78, 5) is 11.1. The van der Waals surface area contributed by atoms with E-state index >= 15 is 0 Å². The summed E-state index contributed by atoms with van der Waals surface area (Å²) in [5, 5.41) is 9.11. The number of benzene rings is 2. The molecule has 108 valence electrons. The molecule has 0 saturated carbocycles. The molecule has 0 spiro atoms. The zero-order chi connectivity index (χ0) is 15.2. The second kappa shape index (κ2) is 6.75. The predicted octanol–water partition coefficient (Wildman–Crippen LogP) is 4.50. The van der Waals surface area contributed by atoms with Crippen LogP contribution in [0.2, 0.25) is 0 Å². The summed E-state index contributed by atoms with van der Waals surface area (Å²) in [6, 6.07) is 17.5. The average Bonchev–Trinajstić information content (AvgIpc) is 2.53. The van der Waals surface area contributed by atoms with E-state index in [1.165, 1.54) is 0 Å². The van der Waals surface area contributed by atoms with Gasteiger partial charge in [-0.1, -0.05) is 55.5 Å². The Bertz CT molecular complexity index is 657. The van der Waals surface area contributed by atoms with Crippen LogP contribution in [0, 0.1) is 0 Å². The molecule has 2 rings (SSSR count). The number of aliphatic carboxylic acids is 1. The molecule has 0 aliphatic carbocycles. The third-order valence-corrected chi connectivity index (χ3v) is 3.27. The summed E-state index contributed by atoms with van der Waals surface area (Å²) in [7, 11) is 0. The number of para-hydroxylation sites is 1. The van der Waals surface area contributed by atoms with Gasteiger partial charge in [0.1, 0.15) is 11.5 Å². The largest absolute Gasteiger partial charge is 0.478 e. The van der Waals surface area contributed by atoms with Gasteiger partial charge in [0, 0.05) is 12.0 Å². The minimum Gasteiger partial charge on any atom is -0.478 e. The maximum Gasteiger partial charge on any atom is 0.334 e. The van der Waals surface area contributed by atoms with Gasteiger partial charge in [-0.05, 0) is 18.6 Å². The van der Waals surface area contributed by atoms with Crippen LogP contribution in [0.25, 0.3) is 11.1 Å². The standard InChI is InChI=1S/C18H18O3/c1-3-16(13(2)18(19)20)21-17-12-8-7-11-15(17)14-9-5-4-6-10-14/h4-12H,3H2,1-2H3,(H,19,20)/b16-13+. The first-order chi connectivity index (χ1) is 10.1. The van der Waals surface area contributed by atoms with Gasteiger partial charge in [-0.15, -0.1) is 0 Å². The molecular weight excluding hydrogens is 264 g/mol. The number of ether oxygens (including phenoxy) is 1. The molecule has 3 nitrogen and oxygen atoms in total. The summed E-state index contributed by atoms with van der Waals surface area (Å²) in [6.07, 6.45) is 0.529. The number of carbonyl (C=O) groups is 1. The Morgan fingerprint density at radius 1 is 1.05 bits per heavy atom. The van der Waals surface area contributed by atoms with E-state index in [1.54, 1.807) is 6.92 Å². The van der Waals surface area contributed by atoms with Crippen molar-refractivity contribution in [3.05, 3.63) is 65.9 Å². The topological polar surface area (TPSA) is 46.5 Å². The molecule has 0 fully saturated rings. The zero-order valence-electron chi connectivity index (χ0n) is 12.2. The van der Waals surface area contributed by atoms with Crippen molar-refractivity contribution in [3.63, 3.8) is 0 Å². The molecule has 1 N–H and O–H groups in total. The second-order valence-electron chi connectivity index (χ2n) is 4.67. The van der Waals surface area contributed by atoms with E-state index in [1.807, 2.05) is 61.5 Å². The predicted molar refractivity (Wildman–Crippen MR) is 83.1 cm³/mol. The van der Waals surface area contributed by atoms with Gasteiger partial charge in [0.05, 0.1) is 5.57 Å². The highest BCUT2D eigenvalue weighted by Gasteiger charge is 2.12. The van der Waals surface area contributed by atoms with Crippen molar-refractivity contribution in [2.24, 2.45) is 0 Å². The zero-order valence-corrected chi connectivity index (χ0v) is 12.2. The first kappa shape index (κ1) is 14.9. The first-order valence-corrected chi connectivity index (χ1v) is 6.88. The van der Waals surface area contributed by atoms with Gasteiger partial charge in [-0.3, -0.25) is 0 Å². The lowest BCUT2D eigenvalue weighted by Gasteiger charge is -2.14. The molecule has 0 aliphatic heterocycles. The maximum absolute atomic E-state index is 11.1. The fourth-order valence-electron chi connectivity index (χ4n) is 2.08. The van der Waals surface area contributed by atoms with Gasteiger partial charge >= 0.3 is 5.97 Å². The van der Waals surface area contributed by atoms with Crippen LogP contribution in [-0.2, 0) is 4.79 Å². The molecule has 0 amide bonds. The summed E-state index contributed by atoms with van der Waals surface area (Å²) in [5.74, 6) is 0.191. The number of hydrogen-bond acceptors (Lipinski definition) is 2. The van der Waals surface area contributed by atoms with E-state index in [4.69, 9.17) is 9.84 Å². The second-order valence-corrected chi connectivity index (χ2v) is 4.67. The molecule has 0 saturated heterocycles. The third-order valence-electron chi connectivity index (χ3n) is 3.27. The van der Waals surface area contributed by atoms with E-state index in [2.05, 4.69) is 0 Å². The van der Waals surface area contributed by atoms with Gasteiger partial charge in [0.2, 0.25) is 0 Å². The molecule has 2 aromatic carbocycles. The quantitative estimate of drug-likeness (QED) is 0.648. The number of carboxylic acids is 1. The van der Waals surface area contributed by atoms with Crippen molar-refractivity contribution in [3.8, 4) is 16.9 Å². The van der Waals surface area contributed by atoms with Crippen molar-refractivity contribution in [2.45, 2.75) is 20.3 Å². The molecule has 21 heavy (non-hydrogen) atoms. The van der Waals surface area contributed by atoms with Crippen molar-refractivity contribution < 1.29 is 14.6 Å². The van der Waals surface area contributed by atoms with E-state index in [9.17, 15) is 4.79 Å². The molecule has 2 aromatic rings. The van der Waals surface area contributed by atoms with Gasteiger partial charge in [0.25, 0.3) is 0 Å². The van der Waals surface area contributed by atoms with Crippen LogP contribution in [0.1, 0.15) is 20.3 Å². The third kappa shape index (κ3) is 3.51. The van der Waals surface area contributed by atoms with E-state index in [0.717, 1.165) is 11.1 Å². The lowest BCUT2D eigenvalue weighted by molar-refractivity contribution is -0.132. The highest BCUT2D eigenvalue weighted by atomic mass is 16.5. The van der Waals surface area contributed by atoms with Crippen molar-refractivity contribution >= 4 is 5.97 Å². The van der Waals surface area contributed by atoms with Crippen molar-refractivity contribution in [2.75, 3.05) is 0 Å². The van der Waals surface area contributed by atoms with Gasteiger partial charge in [0.15, 0.2) is 0 Å². The highest BCUT2D eigenvalue weighted by molar-refractivity contribution is 5.86. The molecule has 0 heterocycles. The Kier molecular flexibility index (Phi) is 4.77. The first-order valence-electron chi connectivity index (χ1n) is 6.88. The maximum atomic E-state index is 11.1. The molecule has 0 radical (unpaired) electrons. The smallest absolute Gasteiger partial charge is 0.334 e. The molecule has 3 heteroatoms. The number of rotatable bonds is 5. The van der Waals surface area contributed by atoms with E-state index in [-0.39, 0.29) is 5.57 Å². The van der Waals surface area contributed by atoms with Crippen LogP contribution < -0.4 is 4.74 Å².